The molecule has 0 bridgehead atoms. The largest absolute Gasteiger partial charge is 1.00 e. The molecule has 13 rings (SSSR count). The average molecular weight is 1490 g/mol. The summed E-state index contributed by atoms with van der Waals surface area (Å²) in [6.07, 6.45) is 5.31. The number of fused-ring (bicyclic) bond motifs is 3. The van der Waals surface area contributed by atoms with Gasteiger partial charge in [0.25, 0.3) is 0 Å². The molecule has 0 spiro atoms. The molecular weight excluding hydrogens is 1400 g/mol. The Labute approximate surface area is 639 Å². The van der Waals surface area contributed by atoms with E-state index in [1.54, 1.807) is 44.8 Å². The van der Waals surface area contributed by atoms with Crippen molar-refractivity contribution in [3.8, 4) is 39.5 Å². The first kappa shape index (κ1) is 82.0. The molecule has 106 heavy (non-hydrogen) atoms. The van der Waals surface area contributed by atoms with E-state index < -0.39 is 24.3 Å². The number of hydrogen-bond donors (Lipinski definition) is 4. The first-order valence-electron chi connectivity index (χ1n) is 34.7. The van der Waals surface area contributed by atoms with Gasteiger partial charge in [-0.3, -0.25) is 14.4 Å². The number of benzene rings is 9. The Balaban J connectivity index is 0.000000186. The summed E-state index contributed by atoms with van der Waals surface area (Å²) in [6.45, 7) is 19.3. The number of carboxylic acid groups (broad SMARTS) is 1. The Morgan fingerprint density at radius 1 is 0.462 bits per heavy atom. The van der Waals surface area contributed by atoms with Crippen molar-refractivity contribution in [3.05, 3.63) is 274 Å². The van der Waals surface area contributed by atoms with E-state index in [-0.39, 0.29) is 73.7 Å². The number of carbonyl (C=O) groups is 3. The summed E-state index contributed by atoms with van der Waals surface area (Å²) >= 11 is 3.37. The predicted molar refractivity (Wildman–Crippen MR) is 413 cm³/mol. The van der Waals surface area contributed by atoms with Gasteiger partial charge in [0, 0.05) is 72.0 Å². The van der Waals surface area contributed by atoms with E-state index in [2.05, 4.69) is 46.3 Å². The molecule has 0 amide bonds. The number of ether oxygens (including phenoxy) is 5. The fraction of sp³-hybridized carbons (Fsp3) is 0.259. The second-order valence-electron chi connectivity index (χ2n) is 26.5. The van der Waals surface area contributed by atoms with Crippen LogP contribution in [0.3, 0.4) is 0 Å². The minimum Gasteiger partial charge on any atom is -0.870 e. The zero-order valence-electron chi connectivity index (χ0n) is 61.6. The molecule has 3 atom stereocenters. The SMILES string of the molecule is CCOC(=O)Cc1ccccc1OCc1cc(-c2cccc([C@H](C)N)c2)c2occc2c1.CCOC(=O)Cc1ccccc1OCc1cc(B2OC(C)(C)C(C)(C)O2)c2occc2c1.C[C@H](N)c1cccc(-c2cc(COc3ccccc3CC(=O)O)cc3ccoc23)c1.C[C@H](N)c1cccc(Br)c1.[Li+].[OH-]. The Morgan fingerprint density at radius 3 is 1.20 bits per heavy atom. The minimum absolute atomic E-state index is 0. The van der Waals surface area contributed by atoms with Crippen molar-refractivity contribution >= 4 is 79.3 Å². The number of esters is 2. The van der Waals surface area contributed by atoms with Crippen LogP contribution in [-0.4, -0.2) is 60.0 Å². The molecule has 1 saturated heterocycles. The number of nitrogens with two attached hydrogens (primary N) is 3. The van der Waals surface area contributed by atoms with Gasteiger partial charge in [0.15, 0.2) is 0 Å². The number of rotatable bonds is 23. The predicted octanol–water partition coefficient (Wildman–Crippen LogP) is 14.8. The summed E-state index contributed by atoms with van der Waals surface area (Å²) in [7, 11) is -0.537. The van der Waals surface area contributed by atoms with Crippen LogP contribution in [0.25, 0.3) is 55.2 Å². The molecule has 18 nitrogen and oxygen atoms in total. The van der Waals surface area contributed by atoms with Crippen molar-refractivity contribution in [2.45, 2.75) is 131 Å². The van der Waals surface area contributed by atoms with Crippen LogP contribution < -0.4 is 55.7 Å². The van der Waals surface area contributed by atoms with E-state index in [4.69, 9.17) is 68.6 Å². The first-order chi connectivity index (χ1) is 50.0. The topological polar surface area (TPSA) is 284 Å². The number of para-hydroxylation sites is 3. The van der Waals surface area contributed by atoms with Gasteiger partial charge in [-0.1, -0.05) is 125 Å². The van der Waals surface area contributed by atoms with Crippen LogP contribution >= 0.6 is 15.9 Å². The van der Waals surface area contributed by atoms with Gasteiger partial charge in [0.05, 0.1) is 62.5 Å². The summed E-state index contributed by atoms with van der Waals surface area (Å²) in [4.78, 5) is 35.0. The summed E-state index contributed by atoms with van der Waals surface area (Å²) in [5.41, 5.74) is 32.6. The molecule has 1 aliphatic heterocycles. The van der Waals surface area contributed by atoms with Gasteiger partial charge in [-0.05, 0) is 198 Å². The van der Waals surface area contributed by atoms with Gasteiger partial charge < -0.3 is 74.0 Å². The van der Waals surface area contributed by atoms with E-state index in [9.17, 15) is 14.4 Å². The molecular formula is C85H90BBrLiN3O15. The summed E-state index contributed by atoms with van der Waals surface area (Å²) in [5, 5.41) is 12.1. The normalized spacial score (nSPS) is 13.4. The van der Waals surface area contributed by atoms with Crippen molar-refractivity contribution in [2.24, 2.45) is 17.2 Å². The fourth-order valence-electron chi connectivity index (χ4n) is 11.8. The van der Waals surface area contributed by atoms with Crippen LogP contribution in [-0.2, 0) is 72.2 Å². The zero-order valence-corrected chi connectivity index (χ0v) is 63.1. The average Bonchev–Trinajstić information content (AvgIpc) is 1.61. The van der Waals surface area contributed by atoms with Crippen LogP contribution in [0.2, 0.25) is 0 Å². The fourth-order valence-corrected chi connectivity index (χ4v) is 12.2. The molecule has 1 aliphatic rings. The van der Waals surface area contributed by atoms with Crippen LogP contribution in [0.1, 0.15) is 131 Å². The maximum atomic E-state index is 11.9. The second kappa shape index (κ2) is 38.0. The smallest absolute Gasteiger partial charge is 0.870 e. The molecule has 0 saturated carbocycles. The molecule has 8 N–H and O–H groups in total. The van der Waals surface area contributed by atoms with Crippen molar-refractivity contribution in [1.82, 2.24) is 0 Å². The third-order valence-electron chi connectivity index (χ3n) is 17.9. The maximum Gasteiger partial charge on any atom is 1.00 e. The number of carboxylic acids is 1. The molecule has 0 radical (unpaired) electrons. The van der Waals surface area contributed by atoms with Crippen molar-refractivity contribution < 1.29 is 90.1 Å². The summed E-state index contributed by atoms with van der Waals surface area (Å²) in [5.74, 6) is 0.485. The van der Waals surface area contributed by atoms with E-state index >= 15 is 0 Å². The zero-order chi connectivity index (χ0) is 74.1. The molecule has 9 aromatic carbocycles. The molecule has 4 heterocycles. The second-order valence-corrected chi connectivity index (χ2v) is 27.4. The number of halogens is 1. The number of carbonyl (C=O) groups excluding carboxylic acids is 2. The minimum atomic E-state index is -0.887. The Morgan fingerprint density at radius 2 is 0.821 bits per heavy atom. The van der Waals surface area contributed by atoms with Gasteiger partial charge >= 0.3 is 43.9 Å². The third-order valence-corrected chi connectivity index (χ3v) is 18.4. The standard InChI is InChI=1S/C27H27NO4.C25H29BO6.C25H23NO4.C8H10BrN.Li.H2O/c1-3-30-26(29)16-22-7-4-5-10-25(22)32-17-19-13-23-11-12-31-27(23)24(14-19)21-9-6-8-20(15-21)18(2)28;1-6-28-22(27)15-18-9-7-8-10-21(18)30-16-17-13-19-11-12-29-23(19)20(14-17)26-31-24(2,3)25(4,5)32-26;1-16(26)18-6-4-7-19(13-18)22-12-17(11-21-9-10-29-25(21)22)15-30-23-8-3-2-5-20(23)14-24(27)28;1-6(10)7-3-2-4-8(9)5-7;;/h4-15,18H,3,16-17,28H2,1-2H3;7-14H,6,15-16H2,1-5H3;2-13,16H,14-15,26H2,1H3,(H,27,28);2-6H,10H2,1H3;;1H2/q;;;;+1;/p-1/t18-;;16-;6-;;/m0.00../s1. The Kier molecular flexibility index (Phi) is 29.4. The molecule has 1 fully saturated rings. The molecule has 3 aromatic heterocycles. The summed E-state index contributed by atoms with van der Waals surface area (Å²) < 4.78 is 59.3. The van der Waals surface area contributed by atoms with E-state index in [0.29, 0.717) is 55.8 Å². The van der Waals surface area contributed by atoms with Crippen molar-refractivity contribution in [2.75, 3.05) is 13.2 Å². The van der Waals surface area contributed by atoms with Gasteiger partial charge in [-0.2, -0.15) is 0 Å². The van der Waals surface area contributed by atoms with Crippen LogP contribution in [0.15, 0.2) is 237 Å². The molecule has 12 aromatic rings. The Hall–Kier alpha value is -9.69. The number of hydrogen-bond acceptors (Lipinski definition) is 17. The van der Waals surface area contributed by atoms with Gasteiger partial charge in [-0.25, -0.2) is 0 Å². The van der Waals surface area contributed by atoms with Crippen LogP contribution in [0.5, 0.6) is 17.2 Å². The Bertz CT molecular complexity index is 4890. The number of furan rings is 3. The van der Waals surface area contributed by atoms with Crippen molar-refractivity contribution in [3.63, 3.8) is 0 Å². The van der Waals surface area contributed by atoms with Crippen LogP contribution in [0, 0.1) is 0 Å². The van der Waals surface area contributed by atoms with Crippen molar-refractivity contribution in [1.29, 1.82) is 0 Å². The van der Waals surface area contributed by atoms with Gasteiger partial charge in [0.1, 0.15) is 53.8 Å². The van der Waals surface area contributed by atoms with Gasteiger partial charge in [-0.15, -0.1) is 0 Å². The molecule has 0 unspecified atom stereocenters. The maximum absolute atomic E-state index is 11.9. The number of aliphatic carboxylic acids is 1. The van der Waals surface area contributed by atoms with E-state index in [1.165, 1.54) is 0 Å². The molecule has 546 valence electrons. The van der Waals surface area contributed by atoms with E-state index in [1.807, 2.05) is 206 Å². The van der Waals surface area contributed by atoms with Gasteiger partial charge in [0.2, 0.25) is 0 Å². The van der Waals surface area contributed by atoms with E-state index in [0.717, 1.165) is 110 Å². The summed E-state index contributed by atoms with van der Waals surface area (Å²) in [6, 6.07) is 64.7. The quantitative estimate of drug-likeness (QED) is 0.0342. The molecule has 0 aliphatic carbocycles. The first-order valence-corrected chi connectivity index (χ1v) is 35.5. The van der Waals surface area contributed by atoms with Crippen LogP contribution in [0.4, 0.5) is 0 Å². The molecule has 21 heteroatoms. The monoisotopic (exact) mass is 1490 g/mol. The third kappa shape index (κ3) is 21.5.